The Morgan fingerprint density at radius 2 is 1.92 bits per heavy atom. The lowest BCUT2D eigenvalue weighted by molar-refractivity contribution is -0.116. The van der Waals surface area contributed by atoms with E-state index in [1.54, 1.807) is 11.3 Å². The molecule has 2 aromatic carbocycles. The van der Waals surface area contributed by atoms with E-state index in [-0.39, 0.29) is 5.91 Å². The van der Waals surface area contributed by atoms with E-state index in [1.807, 2.05) is 41.8 Å². The van der Waals surface area contributed by atoms with Crippen molar-refractivity contribution >= 4 is 33.8 Å². The smallest absolute Gasteiger partial charge is 0.224 e. The third-order valence-corrected chi connectivity index (χ3v) is 4.73. The molecule has 1 aromatic heterocycles. The van der Waals surface area contributed by atoms with Crippen molar-refractivity contribution in [1.29, 1.82) is 0 Å². The van der Waals surface area contributed by atoms with E-state index in [2.05, 4.69) is 41.6 Å². The minimum Gasteiger partial charge on any atom is -0.332 e. The molecule has 0 radical (unpaired) electrons. The van der Waals surface area contributed by atoms with E-state index < -0.39 is 0 Å². The molecule has 134 valence electrons. The Morgan fingerprint density at radius 1 is 1.12 bits per heavy atom. The molecule has 0 atom stereocenters. The van der Waals surface area contributed by atoms with Gasteiger partial charge in [-0.25, -0.2) is 4.98 Å². The molecule has 5 heteroatoms. The predicted octanol–water partition coefficient (Wildman–Crippen LogP) is 5.99. The zero-order chi connectivity index (χ0) is 18.4. The lowest BCUT2D eigenvalue weighted by Crippen LogP contribution is -2.10. The highest BCUT2D eigenvalue weighted by atomic mass is 32.1. The number of nitrogens with zero attached hydrogens (tertiary/aromatic N) is 1. The molecule has 1 heterocycles. The van der Waals surface area contributed by atoms with Crippen molar-refractivity contribution in [2.75, 3.05) is 10.6 Å². The summed E-state index contributed by atoms with van der Waals surface area (Å²) in [6, 6.07) is 16.0. The molecular weight excluding hydrogens is 342 g/mol. The van der Waals surface area contributed by atoms with Crippen LogP contribution in [0.3, 0.4) is 0 Å². The molecule has 0 unspecified atom stereocenters. The molecule has 3 rings (SSSR count). The van der Waals surface area contributed by atoms with Crippen molar-refractivity contribution in [2.45, 2.75) is 33.1 Å². The third kappa shape index (κ3) is 4.92. The third-order valence-electron chi connectivity index (χ3n) is 3.97. The van der Waals surface area contributed by atoms with Gasteiger partial charge in [-0.05, 0) is 43.2 Å². The Hall–Kier alpha value is -2.66. The van der Waals surface area contributed by atoms with Crippen molar-refractivity contribution in [1.82, 2.24) is 4.98 Å². The average molecular weight is 366 g/mol. The summed E-state index contributed by atoms with van der Waals surface area (Å²) in [6.07, 6.45) is 2.48. The highest BCUT2D eigenvalue weighted by Crippen LogP contribution is 2.28. The van der Waals surface area contributed by atoms with Crippen LogP contribution < -0.4 is 10.6 Å². The summed E-state index contributed by atoms with van der Waals surface area (Å²) < 4.78 is 0. The highest BCUT2D eigenvalue weighted by Gasteiger charge is 2.07. The number of anilines is 3. The molecule has 2 N–H and O–H groups in total. The van der Waals surface area contributed by atoms with E-state index in [0.717, 1.165) is 40.6 Å². The number of carbonyl (C=O) groups excluding carboxylic acids is 1. The Kier molecular flexibility index (Phi) is 6.02. The number of hydrogen-bond donors (Lipinski definition) is 2. The molecule has 26 heavy (non-hydrogen) atoms. The van der Waals surface area contributed by atoms with Crippen LogP contribution in [0.5, 0.6) is 0 Å². The van der Waals surface area contributed by atoms with Gasteiger partial charge in [0.05, 0.1) is 5.69 Å². The Labute approximate surface area is 158 Å². The summed E-state index contributed by atoms with van der Waals surface area (Å²) in [4.78, 5) is 16.6. The number of benzene rings is 2. The monoisotopic (exact) mass is 365 g/mol. The molecule has 4 nitrogen and oxygen atoms in total. The van der Waals surface area contributed by atoms with Gasteiger partial charge in [0.1, 0.15) is 0 Å². The number of carbonyl (C=O) groups is 1. The van der Waals surface area contributed by atoms with Crippen molar-refractivity contribution < 1.29 is 4.79 Å². The van der Waals surface area contributed by atoms with E-state index in [1.165, 1.54) is 5.56 Å². The standard InChI is InChI=1S/C21H23N3OS/c1-3-4-11-20(25)22-18-10-6-8-16(13-18)19-14-26-21(24-19)23-17-9-5-7-15(2)12-17/h5-10,12-14H,3-4,11H2,1-2H3,(H,22,25)(H,23,24). The predicted molar refractivity (Wildman–Crippen MR) is 110 cm³/mol. The van der Waals surface area contributed by atoms with Crippen molar-refractivity contribution in [3.63, 3.8) is 0 Å². The average Bonchev–Trinajstić information content (AvgIpc) is 3.09. The second-order valence-electron chi connectivity index (χ2n) is 6.26. The quantitative estimate of drug-likeness (QED) is 0.540. The summed E-state index contributed by atoms with van der Waals surface area (Å²) >= 11 is 1.57. The van der Waals surface area contributed by atoms with E-state index in [0.29, 0.717) is 6.42 Å². The molecule has 0 saturated heterocycles. The fourth-order valence-corrected chi connectivity index (χ4v) is 3.37. The molecule has 0 saturated carbocycles. The first-order valence-corrected chi connectivity index (χ1v) is 9.71. The fourth-order valence-electron chi connectivity index (χ4n) is 2.63. The van der Waals surface area contributed by atoms with Crippen LogP contribution in [0.4, 0.5) is 16.5 Å². The first-order valence-electron chi connectivity index (χ1n) is 8.83. The number of amides is 1. The van der Waals surface area contributed by atoms with E-state index >= 15 is 0 Å². The van der Waals surface area contributed by atoms with Crippen LogP contribution in [-0.4, -0.2) is 10.9 Å². The normalized spacial score (nSPS) is 10.5. The number of unbranched alkanes of at least 4 members (excludes halogenated alkanes) is 1. The zero-order valence-electron chi connectivity index (χ0n) is 15.1. The molecule has 0 aliphatic carbocycles. The highest BCUT2D eigenvalue weighted by molar-refractivity contribution is 7.14. The Balaban J connectivity index is 1.70. The van der Waals surface area contributed by atoms with Crippen molar-refractivity contribution in [3.8, 4) is 11.3 Å². The molecule has 0 spiro atoms. The van der Waals surface area contributed by atoms with Gasteiger partial charge in [0.2, 0.25) is 5.91 Å². The second kappa shape index (κ2) is 8.63. The summed E-state index contributed by atoms with van der Waals surface area (Å²) in [5, 5.41) is 9.18. The first-order chi connectivity index (χ1) is 12.6. The zero-order valence-corrected chi connectivity index (χ0v) is 15.9. The number of aromatic nitrogens is 1. The second-order valence-corrected chi connectivity index (χ2v) is 7.12. The van der Waals surface area contributed by atoms with Gasteiger partial charge < -0.3 is 10.6 Å². The lowest BCUT2D eigenvalue weighted by Gasteiger charge is -2.06. The SMILES string of the molecule is CCCCC(=O)Nc1cccc(-c2csc(Nc3cccc(C)c3)n2)c1. The van der Waals surface area contributed by atoms with Gasteiger partial charge in [0, 0.05) is 28.7 Å². The maximum absolute atomic E-state index is 11.9. The Bertz CT molecular complexity index is 888. The van der Waals surface area contributed by atoms with Gasteiger partial charge in [0.25, 0.3) is 0 Å². The van der Waals surface area contributed by atoms with Crippen molar-refractivity contribution in [3.05, 3.63) is 59.5 Å². The molecule has 0 aliphatic heterocycles. The van der Waals surface area contributed by atoms with Crippen molar-refractivity contribution in [2.24, 2.45) is 0 Å². The summed E-state index contributed by atoms with van der Waals surface area (Å²) in [5.74, 6) is 0.0593. The maximum Gasteiger partial charge on any atom is 0.224 e. The van der Waals surface area contributed by atoms with Gasteiger partial charge in [-0.3, -0.25) is 4.79 Å². The fraction of sp³-hybridized carbons (Fsp3) is 0.238. The molecule has 0 fully saturated rings. The van der Waals surface area contributed by atoms with Gasteiger partial charge >= 0.3 is 0 Å². The van der Waals surface area contributed by atoms with Crippen LogP contribution in [0.1, 0.15) is 31.7 Å². The van der Waals surface area contributed by atoms with Gasteiger partial charge in [-0.15, -0.1) is 11.3 Å². The molecule has 0 aliphatic rings. The van der Waals surface area contributed by atoms with Gasteiger partial charge in [0.15, 0.2) is 5.13 Å². The van der Waals surface area contributed by atoms with Crippen LogP contribution >= 0.6 is 11.3 Å². The van der Waals surface area contributed by atoms with Gasteiger partial charge in [-0.1, -0.05) is 37.6 Å². The minimum absolute atomic E-state index is 0.0593. The molecular formula is C21H23N3OS. The lowest BCUT2D eigenvalue weighted by atomic mass is 10.1. The van der Waals surface area contributed by atoms with E-state index in [4.69, 9.17) is 0 Å². The van der Waals surface area contributed by atoms with Crippen LogP contribution in [-0.2, 0) is 4.79 Å². The van der Waals surface area contributed by atoms with Gasteiger partial charge in [-0.2, -0.15) is 0 Å². The molecule has 3 aromatic rings. The number of hydrogen-bond acceptors (Lipinski definition) is 4. The number of thiazole rings is 1. The number of aryl methyl sites for hydroxylation is 1. The van der Waals surface area contributed by atoms with Crippen LogP contribution in [0, 0.1) is 6.92 Å². The minimum atomic E-state index is 0.0593. The van der Waals surface area contributed by atoms with Crippen LogP contribution in [0.25, 0.3) is 11.3 Å². The Morgan fingerprint density at radius 3 is 2.73 bits per heavy atom. The topological polar surface area (TPSA) is 54.0 Å². The first kappa shape index (κ1) is 18.1. The number of rotatable bonds is 7. The largest absolute Gasteiger partial charge is 0.332 e. The molecule has 0 bridgehead atoms. The summed E-state index contributed by atoms with van der Waals surface area (Å²) in [5.41, 5.74) is 4.94. The molecule has 1 amide bonds. The van der Waals surface area contributed by atoms with Crippen LogP contribution in [0.2, 0.25) is 0 Å². The van der Waals surface area contributed by atoms with Crippen LogP contribution in [0.15, 0.2) is 53.9 Å². The maximum atomic E-state index is 11.9. The van der Waals surface area contributed by atoms with E-state index in [9.17, 15) is 4.79 Å². The summed E-state index contributed by atoms with van der Waals surface area (Å²) in [6.45, 7) is 4.15. The number of nitrogens with one attached hydrogen (secondary N) is 2. The summed E-state index contributed by atoms with van der Waals surface area (Å²) in [7, 11) is 0.